The fourth-order valence-electron chi connectivity index (χ4n) is 4.67. The number of aryl methyl sites for hydroxylation is 1. The van der Waals surface area contributed by atoms with Gasteiger partial charge in [-0.3, -0.25) is 19.5 Å². The molecule has 0 saturated carbocycles. The van der Waals surface area contributed by atoms with Gasteiger partial charge >= 0.3 is 0 Å². The van der Waals surface area contributed by atoms with Gasteiger partial charge in [0.05, 0.1) is 24.3 Å². The number of aromatic nitrogens is 2. The van der Waals surface area contributed by atoms with Crippen LogP contribution in [0.15, 0.2) is 30.5 Å². The minimum Gasteiger partial charge on any atom is -0.342 e. The Hall–Kier alpha value is -2.67. The van der Waals surface area contributed by atoms with Crippen LogP contribution in [0, 0.1) is 13.8 Å². The van der Waals surface area contributed by atoms with E-state index in [2.05, 4.69) is 14.5 Å². The molecule has 166 valence electrons. The standard InChI is InChI=1S/C24H33N5O2/c1-19-16-22(20(2)29(19)17-21-8-3-4-9-25-21)24(31)28-13-7-10-26(14-15-28)18-23(30)27-11-5-6-12-27/h3-4,8-9,16H,5-7,10-15,17-18H2,1-2H3. The first-order valence-electron chi connectivity index (χ1n) is 11.4. The molecule has 4 rings (SSSR count). The molecule has 0 aliphatic carbocycles. The molecule has 7 nitrogen and oxygen atoms in total. The van der Waals surface area contributed by atoms with E-state index in [-0.39, 0.29) is 11.8 Å². The molecule has 4 heterocycles. The van der Waals surface area contributed by atoms with Gasteiger partial charge in [0.1, 0.15) is 0 Å². The van der Waals surface area contributed by atoms with Crippen LogP contribution >= 0.6 is 0 Å². The van der Waals surface area contributed by atoms with Gasteiger partial charge in [-0.05, 0) is 51.3 Å². The second-order valence-corrected chi connectivity index (χ2v) is 8.70. The summed E-state index contributed by atoms with van der Waals surface area (Å²) >= 11 is 0. The number of hydrogen-bond acceptors (Lipinski definition) is 4. The van der Waals surface area contributed by atoms with Crippen molar-refractivity contribution < 1.29 is 9.59 Å². The fourth-order valence-corrected chi connectivity index (χ4v) is 4.67. The van der Waals surface area contributed by atoms with Crippen molar-refractivity contribution in [1.29, 1.82) is 0 Å². The zero-order valence-corrected chi connectivity index (χ0v) is 18.7. The number of rotatable bonds is 5. The molecule has 2 aromatic rings. The molecule has 2 aromatic heterocycles. The van der Waals surface area contributed by atoms with Crippen molar-refractivity contribution in [2.45, 2.75) is 39.7 Å². The topological polar surface area (TPSA) is 61.7 Å². The van der Waals surface area contributed by atoms with E-state index >= 15 is 0 Å². The highest BCUT2D eigenvalue weighted by atomic mass is 16.2. The fraction of sp³-hybridized carbons (Fsp3) is 0.542. The zero-order chi connectivity index (χ0) is 21.8. The van der Waals surface area contributed by atoms with Gasteiger partial charge in [0.2, 0.25) is 5.91 Å². The predicted molar refractivity (Wildman–Crippen MR) is 120 cm³/mol. The summed E-state index contributed by atoms with van der Waals surface area (Å²) in [6, 6.07) is 7.91. The van der Waals surface area contributed by atoms with E-state index in [1.54, 1.807) is 6.20 Å². The highest BCUT2D eigenvalue weighted by Gasteiger charge is 2.26. The van der Waals surface area contributed by atoms with Crippen LogP contribution in [0.1, 0.15) is 46.7 Å². The normalized spacial score (nSPS) is 17.7. The lowest BCUT2D eigenvalue weighted by atomic mass is 10.2. The number of likely N-dealkylation sites (tertiary alicyclic amines) is 1. The molecule has 0 atom stereocenters. The molecular weight excluding hydrogens is 390 g/mol. The van der Waals surface area contributed by atoms with Crippen molar-refractivity contribution in [2.75, 3.05) is 45.8 Å². The SMILES string of the molecule is Cc1cc(C(=O)N2CCCN(CC(=O)N3CCCC3)CC2)c(C)n1Cc1ccccn1. The van der Waals surface area contributed by atoms with Crippen molar-refractivity contribution in [1.82, 2.24) is 24.3 Å². The summed E-state index contributed by atoms with van der Waals surface area (Å²) in [5.74, 6) is 0.323. The molecule has 2 amide bonds. The Morgan fingerprint density at radius 3 is 2.45 bits per heavy atom. The molecule has 2 fully saturated rings. The van der Waals surface area contributed by atoms with Gasteiger partial charge in [0, 0.05) is 56.9 Å². The number of hydrogen-bond donors (Lipinski definition) is 0. The first-order chi connectivity index (χ1) is 15.0. The van der Waals surface area contributed by atoms with Gasteiger partial charge in [0.25, 0.3) is 5.91 Å². The second kappa shape index (κ2) is 9.64. The Bertz CT molecular complexity index is 918. The van der Waals surface area contributed by atoms with Gasteiger partial charge < -0.3 is 14.4 Å². The van der Waals surface area contributed by atoms with Crippen LogP contribution in [-0.2, 0) is 11.3 Å². The molecule has 0 radical (unpaired) electrons. The number of nitrogens with zero attached hydrogens (tertiary/aromatic N) is 5. The summed E-state index contributed by atoms with van der Waals surface area (Å²) in [6.45, 7) is 9.99. The van der Waals surface area contributed by atoms with E-state index in [1.807, 2.05) is 47.9 Å². The van der Waals surface area contributed by atoms with E-state index in [0.29, 0.717) is 19.6 Å². The monoisotopic (exact) mass is 423 g/mol. The van der Waals surface area contributed by atoms with Crippen LogP contribution < -0.4 is 0 Å². The highest BCUT2D eigenvalue weighted by molar-refractivity contribution is 5.95. The van der Waals surface area contributed by atoms with Crippen LogP contribution in [0.4, 0.5) is 0 Å². The van der Waals surface area contributed by atoms with E-state index in [4.69, 9.17) is 0 Å². The second-order valence-electron chi connectivity index (χ2n) is 8.70. The van der Waals surface area contributed by atoms with E-state index < -0.39 is 0 Å². The van der Waals surface area contributed by atoms with Gasteiger partial charge in [-0.25, -0.2) is 0 Å². The molecule has 0 bridgehead atoms. The molecule has 2 saturated heterocycles. The number of amides is 2. The van der Waals surface area contributed by atoms with Crippen molar-refractivity contribution in [3.8, 4) is 0 Å². The molecule has 0 unspecified atom stereocenters. The molecule has 31 heavy (non-hydrogen) atoms. The Kier molecular flexibility index (Phi) is 6.70. The summed E-state index contributed by atoms with van der Waals surface area (Å²) in [4.78, 5) is 36.4. The van der Waals surface area contributed by atoms with Crippen molar-refractivity contribution in [2.24, 2.45) is 0 Å². The van der Waals surface area contributed by atoms with Gasteiger partial charge in [0.15, 0.2) is 0 Å². The average molecular weight is 424 g/mol. The number of carbonyl (C=O) groups is 2. The Morgan fingerprint density at radius 1 is 0.935 bits per heavy atom. The van der Waals surface area contributed by atoms with Crippen molar-refractivity contribution in [3.63, 3.8) is 0 Å². The van der Waals surface area contributed by atoms with Gasteiger partial charge in [-0.2, -0.15) is 0 Å². The highest BCUT2D eigenvalue weighted by Crippen LogP contribution is 2.19. The van der Waals surface area contributed by atoms with Crippen molar-refractivity contribution in [3.05, 3.63) is 53.1 Å². The molecule has 7 heteroatoms. The zero-order valence-electron chi connectivity index (χ0n) is 18.7. The summed E-state index contributed by atoms with van der Waals surface area (Å²) in [5.41, 5.74) is 3.81. The summed E-state index contributed by atoms with van der Waals surface area (Å²) in [6.07, 6.45) is 4.93. The van der Waals surface area contributed by atoms with E-state index in [1.165, 1.54) is 0 Å². The minimum absolute atomic E-state index is 0.0908. The molecule has 2 aliphatic rings. The predicted octanol–water partition coefficient (Wildman–Crippen LogP) is 2.32. The van der Waals surface area contributed by atoms with Crippen LogP contribution in [0.5, 0.6) is 0 Å². The molecule has 2 aliphatic heterocycles. The molecule has 0 spiro atoms. The average Bonchev–Trinajstić information content (AvgIpc) is 3.33. The first-order valence-corrected chi connectivity index (χ1v) is 11.4. The van der Waals surface area contributed by atoms with Crippen LogP contribution in [-0.4, -0.2) is 81.9 Å². The third kappa shape index (κ3) is 4.98. The molecular formula is C24H33N5O2. The maximum Gasteiger partial charge on any atom is 0.255 e. The Balaban J connectivity index is 1.39. The van der Waals surface area contributed by atoms with Gasteiger partial charge in [-0.15, -0.1) is 0 Å². The molecule has 0 N–H and O–H groups in total. The summed E-state index contributed by atoms with van der Waals surface area (Å²) < 4.78 is 2.16. The lowest BCUT2D eigenvalue weighted by Gasteiger charge is -2.24. The number of carbonyl (C=O) groups excluding carboxylic acids is 2. The third-order valence-electron chi connectivity index (χ3n) is 6.54. The first kappa shape index (κ1) is 21.6. The lowest BCUT2D eigenvalue weighted by Crippen LogP contribution is -2.41. The van der Waals surface area contributed by atoms with Crippen LogP contribution in [0.25, 0.3) is 0 Å². The smallest absolute Gasteiger partial charge is 0.255 e. The quantitative estimate of drug-likeness (QED) is 0.741. The summed E-state index contributed by atoms with van der Waals surface area (Å²) in [5, 5.41) is 0. The minimum atomic E-state index is 0.0908. The maximum absolute atomic E-state index is 13.3. The van der Waals surface area contributed by atoms with Crippen LogP contribution in [0.2, 0.25) is 0 Å². The van der Waals surface area contributed by atoms with E-state index in [9.17, 15) is 9.59 Å². The maximum atomic E-state index is 13.3. The lowest BCUT2D eigenvalue weighted by molar-refractivity contribution is -0.131. The third-order valence-corrected chi connectivity index (χ3v) is 6.54. The van der Waals surface area contributed by atoms with Gasteiger partial charge in [-0.1, -0.05) is 6.07 Å². The largest absolute Gasteiger partial charge is 0.342 e. The summed E-state index contributed by atoms with van der Waals surface area (Å²) in [7, 11) is 0. The van der Waals surface area contributed by atoms with Crippen molar-refractivity contribution >= 4 is 11.8 Å². The van der Waals surface area contributed by atoms with E-state index in [0.717, 1.165) is 74.6 Å². The molecule has 0 aromatic carbocycles. The number of pyridine rings is 1. The Labute approximate surface area is 184 Å². The Morgan fingerprint density at radius 2 is 1.71 bits per heavy atom. The van der Waals surface area contributed by atoms with Crippen LogP contribution in [0.3, 0.4) is 0 Å².